The Kier molecular flexibility index (Phi) is 6.01. The maximum Gasteiger partial charge on any atom is 0.273 e. The largest absolute Gasteiger partial charge is 0.484 e. The Labute approximate surface area is 201 Å². The van der Waals surface area contributed by atoms with Gasteiger partial charge in [0.25, 0.3) is 15.9 Å². The molecule has 2 aromatic carbocycles. The molecule has 1 fully saturated rings. The van der Waals surface area contributed by atoms with Gasteiger partial charge in [0.15, 0.2) is 6.61 Å². The zero-order valence-electron chi connectivity index (χ0n) is 18.5. The zero-order valence-corrected chi connectivity index (χ0v) is 20.2. The van der Waals surface area contributed by atoms with Crippen LogP contribution in [0.5, 0.6) is 5.75 Å². The molecule has 8 nitrogen and oxygen atoms in total. The van der Waals surface area contributed by atoms with E-state index in [4.69, 9.17) is 4.74 Å². The van der Waals surface area contributed by atoms with Crippen molar-refractivity contribution in [2.75, 3.05) is 24.5 Å². The minimum atomic E-state index is -3.60. The van der Waals surface area contributed by atoms with Gasteiger partial charge < -0.3 is 14.6 Å². The van der Waals surface area contributed by atoms with Crippen molar-refractivity contribution in [2.24, 2.45) is 0 Å². The summed E-state index contributed by atoms with van der Waals surface area (Å²) < 4.78 is 32.6. The first-order chi connectivity index (χ1) is 16.4. The van der Waals surface area contributed by atoms with Gasteiger partial charge in [-0.15, -0.1) is 11.3 Å². The van der Waals surface area contributed by atoms with Gasteiger partial charge in [0.1, 0.15) is 15.8 Å². The number of carbonyl (C=O) groups is 1. The van der Waals surface area contributed by atoms with Crippen LogP contribution in [0.15, 0.2) is 70.3 Å². The SMILES string of the molecule is CN(c1ccc(OCC(=O)N2CCCC2c2nc3ccccc3[nH]2)cc1)S(=O)(=O)c1cccs1. The lowest BCUT2D eigenvalue weighted by molar-refractivity contribution is -0.134. The minimum Gasteiger partial charge on any atom is -0.484 e. The number of carbonyl (C=O) groups excluding carboxylic acids is 1. The van der Waals surface area contributed by atoms with Crippen molar-refractivity contribution in [3.05, 3.63) is 71.9 Å². The molecule has 1 atom stereocenters. The number of hydrogen-bond donors (Lipinski definition) is 1. The van der Waals surface area contributed by atoms with Gasteiger partial charge >= 0.3 is 0 Å². The number of H-pyrrole nitrogens is 1. The molecule has 4 aromatic rings. The molecule has 5 rings (SSSR count). The standard InChI is InChI=1S/C24H24N4O4S2/c1-27(34(30,31)23-9-5-15-33-23)17-10-12-18(13-11-17)32-16-22(29)28-14-4-8-21(28)24-25-19-6-2-3-7-20(19)26-24/h2-3,5-7,9-13,15,21H,4,8,14,16H2,1H3,(H,25,26). The first kappa shape index (κ1) is 22.4. The Hall–Kier alpha value is -3.37. The Morgan fingerprint density at radius 2 is 1.97 bits per heavy atom. The first-order valence-electron chi connectivity index (χ1n) is 10.9. The number of fused-ring (bicyclic) bond motifs is 1. The number of rotatable bonds is 7. The highest BCUT2D eigenvalue weighted by atomic mass is 32.2. The summed E-state index contributed by atoms with van der Waals surface area (Å²) in [7, 11) is -2.09. The lowest BCUT2D eigenvalue weighted by atomic mass is 10.2. The average Bonchev–Trinajstić information content (AvgIpc) is 3.62. The van der Waals surface area contributed by atoms with Crippen molar-refractivity contribution in [2.45, 2.75) is 23.1 Å². The molecule has 2 aromatic heterocycles. The predicted molar refractivity (Wildman–Crippen MR) is 132 cm³/mol. The molecule has 176 valence electrons. The Morgan fingerprint density at radius 1 is 1.18 bits per heavy atom. The Morgan fingerprint density at radius 3 is 2.71 bits per heavy atom. The molecule has 0 bridgehead atoms. The fourth-order valence-corrected chi connectivity index (χ4v) is 6.50. The number of aromatic amines is 1. The summed E-state index contributed by atoms with van der Waals surface area (Å²) in [5.74, 6) is 1.19. The quantitative estimate of drug-likeness (QED) is 0.414. The van der Waals surface area contributed by atoms with Crippen LogP contribution < -0.4 is 9.04 Å². The lowest BCUT2D eigenvalue weighted by Gasteiger charge is -2.23. The molecule has 10 heteroatoms. The maximum atomic E-state index is 12.9. The highest BCUT2D eigenvalue weighted by Crippen LogP contribution is 2.32. The van der Waals surface area contributed by atoms with Crippen LogP contribution in [0.1, 0.15) is 24.7 Å². The van der Waals surface area contributed by atoms with Crippen molar-refractivity contribution in [1.82, 2.24) is 14.9 Å². The monoisotopic (exact) mass is 496 g/mol. The first-order valence-corrected chi connectivity index (χ1v) is 13.2. The number of imidazole rings is 1. The molecule has 1 aliphatic heterocycles. The third-order valence-corrected chi connectivity index (χ3v) is 9.13. The summed E-state index contributed by atoms with van der Waals surface area (Å²) in [6, 6.07) is 17.7. The number of hydrogen-bond acceptors (Lipinski definition) is 6. The number of amides is 1. The summed E-state index contributed by atoms with van der Waals surface area (Å²) >= 11 is 1.18. The van der Waals surface area contributed by atoms with E-state index >= 15 is 0 Å². The molecule has 1 unspecified atom stereocenters. The van der Waals surface area contributed by atoms with Crippen molar-refractivity contribution < 1.29 is 17.9 Å². The second-order valence-corrected chi connectivity index (χ2v) is 11.2. The van der Waals surface area contributed by atoms with Crippen molar-refractivity contribution in [1.29, 1.82) is 0 Å². The maximum absolute atomic E-state index is 12.9. The van der Waals surface area contributed by atoms with Crippen LogP contribution in [-0.4, -0.2) is 49.4 Å². The molecule has 0 spiro atoms. The number of ether oxygens (including phenoxy) is 1. The highest BCUT2D eigenvalue weighted by molar-refractivity contribution is 7.94. The van der Waals surface area contributed by atoms with Crippen molar-refractivity contribution in [3.8, 4) is 5.75 Å². The van der Waals surface area contributed by atoms with Gasteiger partial charge in [-0.05, 0) is 60.7 Å². The molecule has 1 amide bonds. The number of thiophene rings is 1. The van der Waals surface area contributed by atoms with Gasteiger partial charge in [-0.1, -0.05) is 18.2 Å². The van der Waals surface area contributed by atoms with Gasteiger partial charge in [-0.3, -0.25) is 9.10 Å². The Balaban J connectivity index is 1.23. The number of para-hydroxylation sites is 2. The van der Waals surface area contributed by atoms with E-state index in [2.05, 4.69) is 9.97 Å². The van der Waals surface area contributed by atoms with Crippen LogP contribution in [0, 0.1) is 0 Å². The van der Waals surface area contributed by atoms with Crippen LogP contribution in [0.4, 0.5) is 5.69 Å². The molecule has 0 radical (unpaired) electrons. The minimum absolute atomic E-state index is 0.0954. The number of aromatic nitrogens is 2. The summed E-state index contributed by atoms with van der Waals surface area (Å²) in [6.07, 6.45) is 1.76. The van der Waals surface area contributed by atoms with E-state index in [1.807, 2.05) is 29.2 Å². The number of benzene rings is 2. The van der Waals surface area contributed by atoms with E-state index in [9.17, 15) is 13.2 Å². The molecule has 1 aliphatic rings. The van der Waals surface area contributed by atoms with E-state index in [0.29, 0.717) is 18.0 Å². The van der Waals surface area contributed by atoms with E-state index in [1.165, 1.54) is 22.7 Å². The third-order valence-electron chi connectivity index (χ3n) is 5.97. The van der Waals surface area contributed by atoms with E-state index in [-0.39, 0.29) is 22.8 Å². The van der Waals surface area contributed by atoms with E-state index < -0.39 is 10.0 Å². The second kappa shape index (κ2) is 9.11. The van der Waals surface area contributed by atoms with E-state index in [1.54, 1.807) is 41.8 Å². The van der Waals surface area contributed by atoms with Crippen LogP contribution in [-0.2, 0) is 14.8 Å². The van der Waals surface area contributed by atoms with Crippen LogP contribution in [0.3, 0.4) is 0 Å². The van der Waals surface area contributed by atoms with Gasteiger partial charge in [0.05, 0.1) is 22.8 Å². The number of sulfonamides is 1. The number of likely N-dealkylation sites (tertiary alicyclic amines) is 1. The molecular formula is C24H24N4O4S2. The van der Waals surface area contributed by atoms with Crippen LogP contribution >= 0.6 is 11.3 Å². The van der Waals surface area contributed by atoms with Crippen molar-refractivity contribution >= 4 is 44.0 Å². The lowest BCUT2D eigenvalue weighted by Crippen LogP contribution is -2.34. The molecule has 0 saturated carbocycles. The van der Waals surface area contributed by atoms with Gasteiger partial charge in [-0.2, -0.15) is 0 Å². The number of nitrogens with zero attached hydrogens (tertiary/aromatic N) is 3. The van der Waals surface area contributed by atoms with E-state index in [0.717, 1.165) is 29.7 Å². The highest BCUT2D eigenvalue weighted by Gasteiger charge is 2.32. The molecule has 1 saturated heterocycles. The fraction of sp³-hybridized carbons (Fsp3) is 0.250. The summed E-state index contributed by atoms with van der Waals surface area (Å²) in [5, 5.41) is 1.73. The van der Waals surface area contributed by atoms with Gasteiger partial charge in [0, 0.05) is 13.6 Å². The predicted octanol–water partition coefficient (Wildman–Crippen LogP) is 4.19. The molecule has 1 N–H and O–H groups in total. The molecular weight excluding hydrogens is 472 g/mol. The zero-order chi connectivity index (χ0) is 23.7. The number of anilines is 1. The average molecular weight is 497 g/mol. The third kappa shape index (κ3) is 4.26. The summed E-state index contributed by atoms with van der Waals surface area (Å²) in [4.78, 5) is 22.7. The molecule has 34 heavy (non-hydrogen) atoms. The molecule has 3 heterocycles. The van der Waals surface area contributed by atoms with Crippen LogP contribution in [0.25, 0.3) is 11.0 Å². The molecule has 0 aliphatic carbocycles. The number of nitrogens with one attached hydrogen (secondary N) is 1. The smallest absolute Gasteiger partial charge is 0.273 e. The summed E-state index contributed by atoms with van der Waals surface area (Å²) in [5.41, 5.74) is 2.36. The topological polar surface area (TPSA) is 95.6 Å². The van der Waals surface area contributed by atoms with Gasteiger partial charge in [0.2, 0.25) is 0 Å². The summed E-state index contributed by atoms with van der Waals surface area (Å²) in [6.45, 7) is 0.563. The van der Waals surface area contributed by atoms with Crippen molar-refractivity contribution in [3.63, 3.8) is 0 Å². The second-order valence-electron chi connectivity index (χ2n) is 8.07. The van der Waals surface area contributed by atoms with Crippen LogP contribution in [0.2, 0.25) is 0 Å². The Bertz CT molecular complexity index is 1370. The fourth-order valence-electron chi connectivity index (χ4n) is 4.14. The van der Waals surface area contributed by atoms with Gasteiger partial charge in [-0.25, -0.2) is 13.4 Å². The normalized spacial score (nSPS) is 16.1.